The Bertz CT molecular complexity index is 537. The summed E-state index contributed by atoms with van der Waals surface area (Å²) in [4.78, 5) is 10.2. The van der Waals surface area contributed by atoms with Crippen molar-refractivity contribution in [2.45, 2.75) is 25.9 Å². The lowest BCUT2D eigenvalue weighted by atomic mass is 10.1. The van der Waals surface area contributed by atoms with E-state index in [0.29, 0.717) is 0 Å². The second kappa shape index (κ2) is 5.95. The maximum absolute atomic E-state index is 10.6. The van der Waals surface area contributed by atoms with Crippen molar-refractivity contribution in [1.82, 2.24) is 5.32 Å². The molecule has 0 saturated heterocycles. The van der Waals surface area contributed by atoms with Gasteiger partial charge in [0.25, 0.3) is 5.69 Å². The number of nitrogens with zero attached hydrogens (tertiary/aromatic N) is 1. The molecule has 0 radical (unpaired) electrons. The zero-order chi connectivity index (χ0) is 13.8. The van der Waals surface area contributed by atoms with Crippen molar-refractivity contribution < 1.29 is 4.92 Å². The number of thiophene rings is 1. The third kappa shape index (κ3) is 3.39. The molecule has 2 atom stereocenters. The molecule has 19 heavy (non-hydrogen) atoms. The average Bonchev–Trinajstić information content (AvgIpc) is 2.92. The zero-order valence-electron chi connectivity index (χ0n) is 10.9. The SMILES string of the molecule is CC(NC(C)c1ccsc1)c1ccc([N+](=O)[O-])cc1. The van der Waals surface area contributed by atoms with Gasteiger partial charge in [-0.2, -0.15) is 11.3 Å². The number of rotatable bonds is 5. The van der Waals surface area contributed by atoms with Crippen LogP contribution < -0.4 is 5.32 Å². The second-order valence-electron chi connectivity index (χ2n) is 4.52. The van der Waals surface area contributed by atoms with E-state index >= 15 is 0 Å². The van der Waals surface area contributed by atoms with Crippen LogP contribution in [0.1, 0.15) is 37.1 Å². The molecule has 0 saturated carbocycles. The van der Waals surface area contributed by atoms with E-state index in [-0.39, 0.29) is 22.7 Å². The lowest BCUT2D eigenvalue weighted by Crippen LogP contribution is -2.22. The van der Waals surface area contributed by atoms with E-state index in [1.807, 2.05) is 0 Å². The molecule has 0 aliphatic carbocycles. The fourth-order valence-electron chi connectivity index (χ4n) is 1.97. The predicted molar refractivity (Wildman–Crippen MR) is 77.4 cm³/mol. The molecule has 0 bridgehead atoms. The fraction of sp³-hybridized carbons (Fsp3) is 0.286. The summed E-state index contributed by atoms with van der Waals surface area (Å²) in [7, 11) is 0. The van der Waals surface area contributed by atoms with Crippen molar-refractivity contribution in [2.24, 2.45) is 0 Å². The van der Waals surface area contributed by atoms with Crippen molar-refractivity contribution in [3.05, 3.63) is 62.3 Å². The van der Waals surface area contributed by atoms with E-state index in [1.165, 1.54) is 5.56 Å². The summed E-state index contributed by atoms with van der Waals surface area (Å²) in [5.41, 5.74) is 2.44. The van der Waals surface area contributed by atoms with Crippen molar-refractivity contribution in [3.8, 4) is 0 Å². The fourth-order valence-corrected chi connectivity index (χ4v) is 2.73. The smallest absolute Gasteiger partial charge is 0.269 e. The van der Waals surface area contributed by atoms with E-state index in [1.54, 1.807) is 35.6 Å². The van der Waals surface area contributed by atoms with Crippen molar-refractivity contribution >= 4 is 17.0 Å². The molecular formula is C14H16N2O2S. The van der Waals surface area contributed by atoms with E-state index in [4.69, 9.17) is 0 Å². The second-order valence-corrected chi connectivity index (χ2v) is 5.30. The standard InChI is InChI=1S/C14H16N2O2S/c1-10(15-11(2)13-7-8-19-9-13)12-3-5-14(6-4-12)16(17)18/h3-11,15H,1-2H3. The zero-order valence-corrected chi connectivity index (χ0v) is 11.7. The third-order valence-electron chi connectivity index (χ3n) is 3.15. The van der Waals surface area contributed by atoms with E-state index in [9.17, 15) is 10.1 Å². The molecule has 1 aromatic heterocycles. The van der Waals surface area contributed by atoms with Crippen molar-refractivity contribution in [1.29, 1.82) is 0 Å². The molecule has 0 fully saturated rings. The number of benzene rings is 1. The summed E-state index contributed by atoms with van der Waals surface area (Å²) >= 11 is 1.68. The van der Waals surface area contributed by atoms with Crippen LogP contribution in [0.15, 0.2) is 41.1 Å². The number of hydrogen-bond donors (Lipinski definition) is 1. The van der Waals surface area contributed by atoms with Crippen LogP contribution in [-0.2, 0) is 0 Å². The Labute approximate surface area is 116 Å². The van der Waals surface area contributed by atoms with Crippen molar-refractivity contribution in [3.63, 3.8) is 0 Å². The molecule has 0 aliphatic heterocycles. The normalized spacial score (nSPS) is 14.0. The molecule has 2 rings (SSSR count). The van der Waals surface area contributed by atoms with E-state index in [2.05, 4.69) is 36.0 Å². The van der Waals surface area contributed by atoms with Gasteiger partial charge in [0, 0.05) is 24.2 Å². The molecule has 100 valence electrons. The maximum atomic E-state index is 10.6. The number of non-ortho nitro benzene ring substituents is 1. The molecule has 1 heterocycles. The van der Waals surface area contributed by atoms with Crippen molar-refractivity contribution in [2.75, 3.05) is 0 Å². The molecular weight excluding hydrogens is 260 g/mol. The minimum Gasteiger partial charge on any atom is -0.304 e. The Kier molecular flexibility index (Phi) is 4.29. The Hall–Kier alpha value is -1.72. The van der Waals surface area contributed by atoms with Gasteiger partial charge in [-0.3, -0.25) is 10.1 Å². The van der Waals surface area contributed by atoms with Gasteiger partial charge in [0.15, 0.2) is 0 Å². The minimum atomic E-state index is -0.379. The summed E-state index contributed by atoms with van der Waals surface area (Å²) in [6.07, 6.45) is 0. The lowest BCUT2D eigenvalue weighted by molar-refractivity contribution is -0.384. The third-order valence-corrected chi connectivity index (χ3v) is 3.85. The lowest BCUT2D eigenvalue weighted by Gasteiger charge is -2.19. The first-order chi connectivity index (χ1) is 9.08. The van der Waals surface area contributed by atoms with Crippen LogP contribution in [0, 0.1) is 10.1 Å². The molecule has 2 aromatic rings. The first-order valence-corrected chi connectivity index (χ1v) is 7.04. The van der Waals surface area contributed by atoms with Gasteiger partial charge in [-0.05, 0) is 41.8 Å². The van der Waals surface area contributed by atoms with Crippen LogP contribution >= 0.6 is 11.3 Å². The van der Waals surface area contributed by atoms with Gasteiger partial charge >= 0.3 is 0 Å². The topological polar surface area (TPSA) is 55.2 Å². The van der Waals surface area contributed by atoms with E-state index < -0.39 is 0 Å². The molecule has 1 N–H and O–H groups in total. The summed E-state index contributed by atoms with van der Waals surface area (Å²) in [6, 6.07) is 9.20. The number of nitrogens with one attached hydrogen (secondary N) is 1. The first-order valence-electron chi connectivity index (χ1n) is 6.10. The highest BCUT2D eigenvalue weighted by Gasteiger charge is 2.12. The van der Waals surface area contributed by atoms with Gasteiger partial charge < -0.3 is 5.32 Å². The number of nitro groups is 1. The Morgan fingerprint density at radius 2 is 1.74 bits per heavy atom. The minimum absolute atomic E-state index is 0.127. The van der Waals surface area contributed by atoms with Gasteiger partial charge in [-0.1, -0.05) is 12.1 Å². The molecule has 5 heteroatoms. The van der Waals surface area contributed by atoms with Crippen LogP contribution in [-0.4, -0.2) is 4.92 Å². The summed E-state index contributed by atoms with van der Waals surface area (Å²) in [5, 5.41) is 18.3. The van der Waals surface area contributed by atoms with Gasteiger partial charge in [-0.25, -0.2) is 0 Å². The number of nitro benzene ring substituents is 1. The summed E-state index contributed by atoms with van der Waals surface area (Å²) < 4.78 is 0. The average molecular weight is 276 g/mol. The molecule has 0 amide bonds. The van der Waals surface area contributed by atoms with Crippen LogP contribution in [0.4, 0.5) is 5.69 Å². The van der Waals surface area contributed by atoms with Crippen LogP contribution in [0.3, 0.4) is 0 Å². The van der Waals surface area contributed by atoms with E-state index in [0.717, 1.165) is 5.56 Å². The predicted octanol–water partition coefficient (Wildman–Crippen LogP) is 4.07. The molecule has 0 spiro atoms. The largest absolute Gasteiger partial charge is 0.304 e. The van der Waals surface area contributed by atoms with Gasteiger partial charge in [0.05, 0.1) is 4.92 Å². The van der Waals surface area contributed by atoms with Crippen LogP contribution in [0.25, 0.3) is 0 Å². The van der Waals surface area contributed by atoms with Crippen LogP contribution in [0.2, 0.25) is 0 Å². The highest BCUT2D eigenvalue weighted by Crippen LogP contribution is 2.22. The van der Waals surface area contributed by atoms with Gasteiger partial charge in [0.2, 0.25) is 0 Å². The molecule has 0 aliphatic rings. The Balaban J connectivity index is 2.03. The van der Waals surface area contributed by atoms with Gasteiger partial charge in [0.1, 0.15) is 0 Å². The number of hydrogen-bond acceptors (Lipinski definition) is 4. The quantitative estimate of drug-likeness (QED) is 0.661. The maximum Gasteiger partial charge on any atom is 0.269 e. The summed E-state index contributed by atoms with van der Waals surface area (Å²) in [5.74, 6) is 0. The molecule has 1 aromatic carbocycles. The Morgan fingerprint density at radius 1 is 1.11 bits per heavy atom. The highest BCUT2D eigenvalue weighted by atomic mass is 32.1. The molecule has 2 unspecified atom stereocenters. The summed E-state index contributed by atoms with van der Waals surface area (Å²) in [6.45, 7) is 4.17. The van der Waals surface area contributed by atoms with Gasteiger partial charge in [-0.15, -0.1) is 0 Å². The highest BCUT2D eigenvalue weighted by molar-refractivity contribution is 7.07. The Morgan fingerprint density at radius 3 is 2.26 bits per heavy atom. The monoisotopic (exact) mass is 276 g/mol. The first kappa shape index (κ1) is 13.7. The van der Waals surface area contributed by atoms with Crippen LogP contribution in [0.5, 0.6) is 0 Å². The molecule has 4 nitrogen and oxygen atoms in total.